The predicted octanol–water partition coefficient (Wildman–Crippen LogP) is 2.12. The molecule has 0 aliphatic carbocycles. The molecule has 0 N–H and O–H groups in total. The zero-order valence-electron chi connectivity index (χ0n) is 11.1. The van der Waals surface area contributed by atoms with Crippen LogP contribution >= 0.6 is 0 Å². The summed E-state index contributed by atoms with van der Waals surface area (Å²) in [6.45, 7) is 1.68. The highest BCUT2D eigenvalue weighted by Crippen LogP contribution is 2.18. The van der Waals surface area contributed by atoms with Gasteiger partial charge in [0.1, 0.15) is 17.2 Å². The van der Waals surface area contributed by atoms with Crippen molar-refractivity contribution < 1.29 is 13.2 Å². The highest BCUT2D eigenvalue weighted by Gasteiger charge is 2.15. The summed E-state index contributed by atoms with van der Waals surface area (Å²) in [5, 5.41) is 14.6. The van der Waals surface area contributed by atoms with E-state index in [0.717, 1.165) is 6.20 Å². The van der Waals surface area contributed by atoms with E-state index < -0.39 is 17.5 Å². The lowest BCUT2D eigenvalue weighted by Gasteiger charge is -2.02. The van der Waals surface area contributed by atoms with Crippen LogP contribution in [0.2, 0.25) is 0 Å². The summed E-state index contributed by atoms with van der Waals surface area (Å²) in [4.78, 5) is 7.40. The summed E-state index contributed by atoms with van der Waals surface area (Å²) in [6, 6.07) is 1.90. The Kier molecular flexibility index (Phi) is 3.45. The molecule has 0 aliphatic heterocycles. The Bertz CT molecular complexity index is 767. The zero-order valence-corrected chi connectivity index (χ0v) is 11.1. The van der Waals surface area contributed by atoms with Gasteiger partial charge < -0.3 is 0 Å². The lowest BCUT2D eigenvalue weighted by Crippen LogP contribution is -2.04. The minimum atomic E-state index is -0.948. The Labute approximate surface area is 122 Å². The fourth-order valence-corrected chi connectivity index (χ4v) is 1.70. The van der Waals surface area contributed by atoms with E-state index >= 15 is 0 Å². The van der Waals surface area contributed by atoms with Crippen molar-refractivity contribution in [3.05, 3.63) is 47.5 Å². The molecule has 0 aromatic carbocycles. The molecule has 9 heteroatoms. The number of nitrogens with zero attached hydrogens (tertiary/aromatic N) is 6. The maximum Gasteiger partial charge on any atom is 0.224 e. The van der Waals surface area contributed by atoms with Gasteiger partial charge in [-0.2, -0.15) is 0 Å². The molecule has 0 atom stereocenters. The predicted molar refractivity (Wildman–Crippen MR) is 68.7 cm³/mol. The van der Waals surface area contributed by atoms with Crippen molar-refractivity contribution in [3.63, 3.8) is 0 Å². The van der Waals surface area contributed by atoms with Gasteiger partial charge in [-0.05, 0) is 18.6 Å². The van der Waals surface area contributed by atoms with Crippen molar-refractivity contribution in [2.75, 3.05) is 0 Å². The molecule has 0 fully saturated rings. The molecule has 0 bridgehead atoms. The SMILES string of the molecule is Cc1cnc(-c2nnc(-c3ncc(F)cc3F)nn2)c(F)c1. The van der Waals surface area contributed by atoms with E-state index in [9.17, 15) is 13.2 Å². The van der Waals surface area contributed by atoms with E-state index in [1.807, 2.05) is 0 Å². The molecule has 6 nitrogen and oxygen atoms in total. The molecule has 0 radical (unpaired) electrons. The first-order valence-electron chi connectivity index (χ1n) is 6.06. The molecular weight excluding hydrogens is 297 g/mol. The van der Waals surface area contributed by atoms with Crippen LogP contribution in [0.4, 0.5) is 13.2 Å². The smallest absolute Gasteiger partial charge is 0.224 e. The molecule has 0 saturated carbocycles. The molecular formula is C13H7F3N6. The van der Waals surface area contributed by atoms with Gasteiger partial charge in [-0.25, -0.2) is 23.1 Å². The van der Waals surface area contributed by atoms with Gasteiger partial charge in [0, 0.05) is 12.3 Å². The minimum absolute atomic E-state index is 0.121. The Morgan fingerprint density at radius 1 is 0.727 bits per heavy atom. The molecule has 0 saturated heterocycles. The fraction of sp³-hybridized carbons (Fsp3) is 0.0769. The van der Waals surface area contributed by atoms with Gasteiger partial charge >= 0.3 is 0 Å². The van der Waals surface area contributed by atoms with Gasteiger partial charge in [0.25, 0.3) is 0 Å². The summed E-state index contributed by atoms with van der Waals surface area (Å²) >= 11 is 0. The highest BCUT2D eigenvalue weighted by molar-refractivity contribution is 5.52. The summed E-state index contributed by atoms with van der Waals surface area (Å²) in [5.74, 6) is -2.79. The topological polar surface area (TPSA) is 77.3 Å². The van der Waals surface area contributed by atoms with Crippen LogP contribution in [0.25, 0.3) is 23.0 Å². The van der Waals surface area contributed by atoms with Crippen molar-refractivity contribution in [1.29, 1.82) is 0 Å². The molecule has 0 aliphatic rings. The van der Waals surface area contributed by atoms with Crippen LogP contribution in [0.1, 0.15) is 5.56 Å². The first-order chi connectivity index (χ1) is 10.5. The van der Waals surface area contributed by atoms with E-state index in [-0.39, 0.29) is 23.0 Å². The van der Waals surface area contributed by atoms with Crippen LogP contribution in [-0.4, -0.2) is 30.4 Å². The first kappa shape index (κ1) is 14.0. The van der Waals surface area contributed by atoms with Crippen LogP contribution in [-0.2, 0) is 0 Å². The van der Waals surface area contributed by atoms with Crippen LogP contribution in [0, 0.1) is 24.4 Å². The molecule has 110 valence electrons. The van der Waals surface area contributed by atoms with Gasteiger partial charge in [-0.3, -0.25) is 0 Å². The van der Waals surface area contributed by atoms with Crippen molar-refractivity contribution in [2.45, 2.75) is 6.92 Å². The number of rotatable bonds is 2. The molecule has 0 spiro atoms. The largest absolute Gasteiger partial charge is 0.249 e. The van der Waals surface area contributed by atoms with Gasteiger partial charge in [0.15, 0.2) is 11.6 Å². The van der Waals surface area contributed by atoms with Gasteiger partial charge in [-0.1, -0.05) is 0 Å². The molecule has 0 unspecified atom stereocenters. The van der Waals surface area contributed by atoms with E-state index in [1.165, 1.54) is 12.3 Å². The monoisotopic (exact) mass is 304 g/mol. The maximum absolute atomic E-state index is 13.8. The number of aromatic nitrogens is 6. The Morgan fingerprint density at radius 2 is 1.23 bits per heavy atom. The Balaban J connectivity index is 1.99. The quantitative estimate of drug-likeness (QED) is 0.721. The second kappa shape index (κ2) is 5.43. The van der Waals surface area contributed by atoms with E-state index in [2.05, 4.69) is 30.4 Å². The third kappa shape index (κ3) is 2.60. The van der Waals surface area contributed by atoms with Crippen molar-refractivity contribution in [2.24, 2.45) is 0 Å². The van der Waals surface area contributed by atoms with Crippen LogP contribution < -0.4 is 0 Å². The average molecular weight is 304 g/mol. The standard InChI is InChI=1S/C13H7F3N6/c1-6-2-8(15)10(17-4-6)12-19-21-13(22-20-12)11-9(16)3-7(14)5-18-11/h2-5H,1H3. The van der Waals surface area contributed by atoms with Crippen LogP contribution in [0.15, 0.2) is 24.5 Å². The minimum Gasteiger partial charge on any atom is -0.249 e. The van der Waals surface area contributed by atoms with Crippen LogP contribution in [0.3, 0.4) is 0 Å². The Hall–Kier alpha value is -2.97. The maximum atomic E-state index is 13.8. The number of halogens is 3. The Morgan fingerprint density at radius 3 is 1.73 bits per heavy atom. The summed E-state index contributed by atoms with van der Waals surface area (Å²) in [5.41, 5.74) is 0.214. The number of aryl methyl sites for hydroxylation is 1. The summed E-state index contributed by atoms with van der Waals surface area (Å²) in [6.07, 6.45) is 2.26. The van der Waals surface area contributed by atoms with Crippen molar-refractivity contribution in [3.8, 4) is 23.0 Å². The molecule has 3 aromatic rings. The van der Waals surface area contributed by atoms with E-state index in [0.29, 0.717) is 11.6 Å². The number of hydrogen-bond donors (Lipinski definition) is 0. The first-order valence-corrected chi connectivity index (χ1v) is 6.06. The lowest BCUT2D eigenvalue weighted by molar-refractivity contribution is 0.574. The van der Waals surface area contributed by atoms with Gasteiger partial charge in [0.05, 0.1) is 6.20 Å². The van der Waals surface area contributed by atoms with Crippen LogP contribution in [0.5, 0.6) is 0 Å². The number of pyridine rings is 2. The average Bonchev–Trinajstić information content (AvgIpc) is 2.48. The third-order valence-electron chi connectivity index (χ3n) is 2.69. The zero-order chi connectivity index (χ0) is 15.7. The highest BCUT2D eigenvalue weighted by atomic mass is 19.1. The normalized spacial score (nSPS) is 10.7. The molecule has 3 aromatic heterocycles. The molecule has 3 heterocycles. The third-order valence-corrected chi connectivity index (χ3v) is 2.69. The second-order valence-corrected chi connectivity index (χ2v) is 4.37. The molecule has 3 rings (SSSR count). The molecule has 22 heavy (non-hydrogen) atoms. The van der Waals surface area contributed by atoms with Gasteiger partial charge in [-0.15, -0.1) is 20.4 Å². The van der Waals surface area contributed by atoms with E-state index in [4.69, 9.17) is 0 Å². The van der Waals surface area contributed by atoms with Gasteiger partial charge in [0.2, 0.25) is 11.6 Å². The van der Waals surface area contributed by atoms with E-state index in [1.54, 1.807) is 6.92 Å². The van der Waals surface area contributed by atoms with Crippen molar-refractivity contribution >= 4 is 0 Å². The molecule has 0 amide bonds. The number of hydrogen-bond acceptors (Lipinski definition) is 6. The second-order valence-electron chi connectivity index (χ2n) is 4.37. The van der Waals surface area contributed by atoms with Crippen molar-refractivity contribution in [1.82, 2.24) is 30.4 Å². The lowest BCUT2D eigenvalue weighted by atomic mass is 10.2. The summed E-state index contributed by atoms with van der Waals surface area (Å²) in [7, 11) is 0. The fourth-order valence-electron chi connectivity index (χ4n) is 1.70. The summed E-state index contributed by atoms with van der Waals surface area (Å²) < 4.78 is 40.1.